The number of aromatic nitrogens is 3. The molecule has 6 heteroatoms. The van der Waals surface area contributed by atoms with Crippen LogP contribution in [0.5, 0.6) is 5.75 Å². The fourth-order valence-corrected chi connectivity index (χ4v) is 5.10. The van der Waals surface area contributed by atoms with E-state index in [1.807, 2.05) is 31.3 Å². The zero-order chi connectivity index (χ0) is 22.4. The molecule has 6 nitrogen and oxygen atoms in total. The summed E-state index contributed by atoms with van der Waals surface area (Å²) in [6.07, 6.45) is 3.95. The minimum absolute atomic E-state index is 0.0828. The van der Waals surface area contributed by atoms with Gasteiger partial charge in [0.05, 0.1) is 12.8 Å². The van der Waals surface area contributed by atoms with Gasteiger partial charge in [-0.1, -0.05) is 0 Å². The number of anilines is 1. The molecule has 2 aromatic heterocycles. The lowest BCUT2D eigenvalue weighted by molar-refractivity contribution is 0.160. The van der Waals surface area contributed by atoms with E-state index in [4.69, 9.17) is 4.74 Å². The van der Waals surface area contributed by atoms with E-state index in [1.165, 1.54) is 0 Å². The summed E-state index contributed by atoms with van der Waals surface area (Å²) in [6.45, 7) is 11.1. The smallest absolute Gasteiger partial charge is 0.151 e. The Kier molecular flexibility index (Phi) is 5.38. The third kappa shape index (κ3) is 4.35. The van der Waals surface area contributed by atoms with Crippen molar-refractivity contribution in [2.45, 2.75) is 64.6 Å². The lowest BCUT2D eigenvalue weighted by Gasteiger charge is -2.49. The molecular weight excluding hydrogens is 386 g/mol. The van der Waals surface area contributed by atoms with Gasteiger partial charge < -0.3 is 15.0 Å². The number of nitrogens with zero attached hydrogens (tertiary/aromatic N) is 4. The van der Waals surface area contributed by atoms with Gasteiger partial charge in [-0.05, 0) is 83.2 Å². The average molecular weight is 420 g/mol. The molecule has 1 N–H and O–H groups in total. The number of rotatable bonds is 4. The number of nitrogens with one attached hydrogen (secondary N) is 1. The number of piperidine rings is 1. The number of pyridine rings is 1. The fraction of sp³-hybridized carbons (Fsp3) is 0.480. The molecule has 0 saturated carbocycles. The summed E-state index contributed by atoms with van der Waals surface area (Å²) >= 11 is 0. The molecule has 3 aromatic rings. The van der Waals surface area contributed by atoms with Gasteiger partial charge in [-0.15, -0.1) is 10.2 Å². The Balaban J connectivity index is 1.64. The Morgan fingerprint density at radius 2 is 1.74 bits per heavy atom. The minimum Gasteiger partial charge on any atom is -0.496 e. The van der Waals surface area contributed by atoms with Crippen LogP contribution in [0.4, 0.5) is 5.82 Å². The molecule has 0 bridgehead atoms. The molecule has 0 atom stereocenters. The summed E-state index contributed by atoms with van der Waals surface area (Å²) in [7, 11) is 3.81. The minimum atomic E-state index is 0.0828. The summed E-state index contributed by atoms with van der Waals surface area (Å²) in [4.78, 5) is 6.66. The van der Waals surface area contributed by atoms with Crippen molar-refractivity contribution in [2.75, 3.05) is 19.1 Å². The molecule has 0 unspecified atom stereocenters. The Hall–Kier alpha value is -2.73. The van der Waals surface area contributed by atoms with Gasteiger partial charge in [0.2, 0.25) is 0 Å². The number of benzene rings is 1. The zero-order valence-electron chi connectivity index (χ0n) is 19.7. The lowest BCUT2D eigenvalue weighted by Crippen LogP contribution is -2.62. The highest BCUT2D eigenvalue weighted by atomic mass is 16.5. The zero-order valence-corrected chi connectivity index (χ0v) is 19.7. The van der Waals surface area contributed by atoms with E-state index in [0.717, 1.165) is 52.1 Å². The first-order valence-electron chi connectivity index (χ1n) is 10.9. The predicted octanol–water partition coefficient (Wildman–Crippen LogP) is 4.75. The van der Waals surface area contributed by atoms with Crippen molar-refractivity contribution in [1.82, 2.24) is 20.5 Å². The normalized spacial score (nSPS) is 18.2. The van der Waals surface area contributed by atoms with Crippen LogP contribution in [0, 0.1) is 6.92 Å². The van der Waals surface area contributed by atoms with Crippen LogP contribution in [0.1, 0.15) is 46.2 Å². The van der Waals surface area contributed by atoms with E-state index in [1.54, 1.807) is 7.11 Å². The number of ether oxygens (including phenoxy) is 1. The van der Waals surface area contributed by atoms with Crippen LogP contribution in [0.3, 0.4) is 0 Å². The van der Waals surface area contributed by atoms with Crippen molar-refractivity contribution in [1.29, 1.82) is 0 Å². The first-order chi connectivity index (χ1) is 14.6. The van der Waals surface area contributed by atoms with Crippen molar-refractivity contribution in [3.63, 3.8) is 0 Å². The Labute approximate surface area is 185 Å². The molecule has 164 valence electrons. The Bertz CT molecular complexity index is 1080. The van der Waals surface area contributed by atoms with E-state index < -0.39 is 0 Å². The van der Waals surface area contributed by atoms with E-state index in [-0.39, 0.29) is 11.1 Å². The Morgan fingerprint density at radius 3 is 2.35 bits per heavy atom. The van der Waals surface area contributed by atoms with Crippen molar-refractivity contribution < 1.29 is 4.74 Å². The number of aryl methyl sites for hydroxylation is 1. The van der Waals surface area contributed by atoms with Crippen LogP contribution in [-0.4, -0.2) is 46.5 Å². The standard InChI is InChI=1S/C25H33N5O/c1-16-19-13-22(31-7)20(12-17(19)10-11-26-16)21-8-9-23(28-27-21)30(6)18-14-24(2,3)29-25(4,5)15-18/h8-13,18,29H,14-15H2,1-7H3. The summed E-state index contributed by atoms with van der Waals surface area (Å²) in [5, 5.41) is 15.1. The van der Waals surface area contributed by atoms with Crippen LogP contribution in [0.2, 0.25) is 0 Å². The average Bonchev–Trinajstić information content (AvgIpc) is 2.70. The van der Waals surface area contributed by atoms with Gasteiger partial charge in [-0.3, -0.25) is 4.98 Å². The molecule has 0 aliphatic carbocycles. The lowest BCUT2D eigenvalue weighted by atomic mass is 9.79. The number of hydrogen-bond donors (Lipinski definition) is 1. The molecule has 1 aliphatic heterocycles. The highest BCUT2D eigenvalue weighted by molar-refractivity contribution is 5.91. The number of fused-ring (bicyclic) bond motifs is 1. The molecule has 0 radical (unpaired) electrons. The third-order valence-electron chi connectivity index (χ3n) is 6.29. The van der Waals surface area contributed by atoms with Crippen molar-refractivity contribution >= 4 is 16.6 Å². The summed E-state index contributed by atoms with van der Waals surface area (Å²) < 4.78 is 5.67. The maximum Gasteiger partial charge on any atom is 0.151 e. The third-order valence-corrected chi connectivity index (χ3v) is 6.29. The van der Waals surface area contributed by atoms with Gasteiger partial charge in [-0.2, -0.15) is 0 Å². The van der Waals surface area contributed by atoms with E-state index in [9.17, 15) is 0 Å². The monoisotopic (exact) mass is 419 g/mol. The summed E-state index contributed by atoms with van der Waals surface area (Å²) in [6, 6.07) is 10.7. The highest BCUT2D eigenvalue weighted by Gasteiger charge is 2.39. The van der Waals surface area contributed by atoms with Crippen LogP contribution in [0.15, 0.2) is 36.5 Å². The maximum atomic E-state index is 5.67. The SMILES string of the molecule is COc1cc2c(C)nccc2cc1-c1ccc(N(C)C2CC(C)(C)NC(C)(C)C2)nn1. The molecule has 0 spiro atoms. The van der Waals surface area contributed by atoms with Gasteiger partial charge in [0.25, 0.3) is 0 Å². The molecule has 4 rings (SSSR count). The molecule has 1 fully saturated rings. The molecule has 1 aromatic carbocycles. The topological polar surface area (TPSA) is 63.2 Å². The first-order valence-corrected chi connectivity index (χ1v) is 10.9. The number of methoxy groups -OCH3 is 1. The van der Waals surface area contributed by atoms with Gasteiger partial charge in [-0.25, -0.2) is 0 Å². The predicted molar refractivity (Wildman–Crippen MR) is 127 cm³/mol. The van der Waals surface area contributed by atoms with Gasteiger partial charge in [0, 0.05) is 47.0 Å². The van der Waals surface area contributed by atoms with Crippen LogP contribution in [-0.2, 0) is 0 Å². The van der Waals surface area contributed by atoms with Crippen molar-refractivity contribution in [3.05, 3.63) is 42.2 Å². The highest BCUT2D eigenvalue weighted by Crippen LogP contribution is 2.35. The summed E-state index contributed by atoms with van der Waals surface area (Å²) in [5.41, 5.74) is 2.89. The van der Waals surface area contributed by atoms with Crippen LogP contribution in [0.25, 0.3) is 22.0 Å². The molecule has 0 amide bonds. The van der Waals surface area contributed by atoms with E-state index in [2.05, 4.69) is 72.3 Å². The van der Waals surface area contributed by atoms with Gasteiger partial charge in [0.15, 0.2) is 5.82 Å². The van der Waals surface area contributed by atoms with Gasteiger partial charge >= 0.3 is 0 Å². The Morgan fingerprint density at radius 1 is 1.03 bits per heavy atom. The second kappa shape index (κ2) is 7.75. The largest absolute Gasteiger partial charge is 0.496 e. The molecule has 1 saturated heterocycles. The second-order valence-electron chi connectivity index (χ2n) is 10.0. The molecular formula is C25H33N5O. The maximum absolute atomic E-state index is 5.67. The molecule has 3 heterocycles. The van der Waals surface area contributed by atoms with Crippen LogP contribution >= 0.6 is 0 Å². The number of hydrogen-bond acceptors (Lipinski definition) is 6. The first kappa shape index (κ1) is 21.5. The van der Waals surface area contributed by atoms with Crippen molar-refractivity contribution in [2.24, 2.45) is 0 Å². The van der Waals surface area contributed by atoms with E-state index >= 15 is 0 Å². The second-order valence-corrected chi connectivity index (χ2v) is 10.0. The van der Waals surface area contributed by atoms with Crippen LogP contribution < -0.4 is 15.0 Å². The van der Waals surface area contributed by atoms with E-state index in [0.29, 0.717) is 6.04 Å². The summed E-state index contributed by atoms with van der Waals surface area (Å²) in [5.74, 6) is 1.67. The molecule has 1 aliphatic rings. The fourth-order valence-electron chi connectivity index (χ4n) is 5.10. The van der Waals surface area contributed by atoms with Gasteiger partial charge in [0.1, 0.15) is 5.75 Å². The van der Waals surface area contributed by atoms with Crippen molar-refractivity contribution in [3.8, 4) is 17.0 Å². The quantitative estimate of drug-likeness (QED) is 0.658. The molecule has 31 heavy (non-hydrogen) atoms.